The molecule has 0 saturated carbocycles. The van der Waals surface area contributed by atoms with Crippen LogP contribution < -0.4 is 0 Å². The smallest absolute Gasteiger partial charge is 0.411 e. The zero-order valence-electron chi connectivity index (χ0n) is 11.1. The molecule has 0 saturated heterocycles. The summed E-state index contributed by atoms with van der Waals surface area (Å²) in [6.45, 7) is 5.20. The first kappa shape index (κ1) is 16.0. The van der Waals surface area contributed by atoms with Crippen molar-refractivity contribution in [2.24, 2.45) is 0 Å². The maximum Gasteiger partial charge on any atom is 0.411 e. The lowest BCUT2D eigenvalue weighted by Crippen LogP contribution is -2.39. The number of carbonyl (C=O) groups is 2. The Labute approximate surface area is 124 Å². The third-order valence-electron chi connectivity index (χ3n) is 2.17. The van der Waals surface area contributed by atoms with Gasteiger partial charge in [-0.2, -0.15) is 0 Å². The number of likely N-dealkylation sites (N-methyl/N-ethyl adjacent to an activating group) is 1. The summed E-state index contributed by atoms with van der Waals surface area (Å²) in [5, 5.41) is 9.30. The number of hydrogen-bond donors (Lipinski definition) is 1. The normalized spacial score (nSPS) is 12.9. The van der Waals surface area contributed by atoms with E-state index in [1.54, 1.807) is 32.9 Å². The molecular formula is C12H16BrNO4S. The van der Waals surface area contributed by atoms with Crippen molar-refractivity contribution < 1.29 is 19.4 Å². The molecule has 1 unspecified atom stereocenters. The Balaban J connectivity index is 2.94. The summed E-state index contributed by atoms with van der Waals surface area (Å²) >= 11 is 4.55. The lowest BCUT2D eigenvalue weighted by atomic mass is 10.2. The Morgan fingerprint density at radius 2 is 2.00 bits per heavy atom. The van der Waals surface area contributed by atoms with Crippen molar-refractivity contribution in [2.75, 3.05) is 7.05 Å². The number of amides is 1. The van der Waals surface area contributed by atoms with Gasteiger partial charge in [-0.1, -0.05) is 0 Å². The third-order valence-corrected chi connectivity index (χ3v) is 3.84. The zero-order chi connectivity index (χ0) is 14.8. The van der Waals surface area contributed by atoms with E-state index < -0.39 is 23.7 Å². The minimum Gasteiger partial charge on any atom is -0.479 e. The van der Waals surface area contributed by atoms with Gasteiger partial charge < -0.3 is 9.84 Å². The lowest BCUT2D eigenvalue weighted by Gasteiger charge is -2.28. The molecule has 0 radical (unpaired) electrons. The Hall–Kier alpha value is -1.08. The van der Waals surface area contributed by atoms with Crippen LogP contribution in [0.15, 0.2) is 15.9 Å². The van der Waals surface area contributed by atoms with E-state index >= 15 is 0 Å². The fourth-order valence-electron chi connectivity index (χ4n) is 1.39. The van der Waals surface area contributed by atoms with Crippen molar-refractivity contribution in [3.63, 3.8) is 0 Å². The van der Waals surface area contributed by atoms with Crippen LogP contribution in [-0.2, 0) is 9.53 Å². The van der Waals surface area contributed by atoms with E-state index in [2.05, 4.69) is 15.9 Å². The van der Waals surface area contributed by atoms with Crippen molar-refractivity contribution in [3.8, 4) is 0 Å². The number of aliphatic carboxylic acids is 1. The summed E-state index contributed by atoms with van der Waals surface area (Å²) in [4.78, 5) is 24.9. The molecule has 5 nitrogen and oxygen atoms in total. The number of ether oxygens (including phenoxy) is 1. The van der Waals surface area contributed by atoms with Crippen molar-refractivity contribution in [3.05, 3.63) is 20.8 Å². The van der Waals surface area contributed by atoms with Crippen LogP contribution in [-0.4, -0.2) is 34.7 Å². The van der Waals surface area contributed by atoms with Gasteiger partial charge in [-0.05, 0) is 48.8 Å². The lowest BCUT2D eigenvalue weighted by molar-refractivity contribution is -0.142. The number of carbonyl (C=O) groups excluding carboxylic acids is 1. The highest BCUT2D eigenvalue weighted by Crippen LogP contribution is 2.31. The van der Waals surface area contributed by atoms with E-state index in [1.807, 2.05) is 0 Å². The topological polar surface area (TPSA) is 66.8 Å². The molecular weight excluding hydrogens is 334 g/mol. The minimum atomic E-state index is -1.09. The van der Waals surface area contributed by atoms with Crippen LogP contribution in [0.25, 0.3) is 0 Å². The van der Waals surface area contributed by atoms with E-state index in [4.69, 9.17) is 4.74 Å². The number of hydrogen-bond acceptors (Lipinski definition) is 4. The first-order valence-electron chi connectivity index (χ1n) is 5.55. The average Bonchev–Trinajstić information content (AvgIpc) is 2.61. The standard InChI is InChI=1S/C12H16BrNO4S/c1-12(2,3)18-11(17)14(4)9(10(15)16)7-5-6-8(13)19-7/h5-6,9H,1-4H3,(H,15,16). The van der Waals surface area contributed by atoms with Crippen LogP contribution in [0.5, 0.6) is 0 Å². The molecule has 1 atom stereocenters. The van der Waals surface area contributed by atoms with Gasteiger partial charge in [0.2, 0.25) is 0 Å². The summed E-state index contributed by atoms with van der Waals surface area (Å²) in [6.07, 6.45) is -0.663. The number of carboxylic acids is 1. The van der Waals surface area contributed by atoms with Gasteiger partial charge in [0.05, 0.1) is 3.79 Å². The Bertz CT molecular complexity index is 480. The van der Waals surface area contributed by atoms with Gasteiger partial charge in [0.15, 0.2) is 6.04 Å². The Kier molecular flexibility index (Phi) is 4.98. The molecule has 19 heavy (non-hydrogen) atoms. The summed E-state index contributed by atoms with van der Waals surface area (Å²) in [5.41, 5.74) is -0.662. The van der Waals surface area contributed by atoms with Gasteiger partial charge in [-0.15, -0.1) is 11.3 Å². The number of carboxylic acid groups (broad SMARTS) is 1. The molecule has 0 spiro atoms. The molecule has 1 N–H and O–H groups in total. The van der Waals surface area contributed by atoms with Gasteiger partial charge in [-0.25, -0.2) is 9.59 Å². The van der Waals surface area contributed by atoms with Crippen LogP contribution >= 0.6 is 27.3 Å². The number of halogens is 1. The quantitative estimate of drug-likeness (QED) is 0.906. The van der Waals surface area contributed by atoms with E-state index in [0.717, 1.165) is 8.69 Å². The Morgan fingerprint density at radius 1 is 1.42 bits per heavy atom. The third kappa shape index (κ3) is 4.50. The molecule has 1 aromatic rings. The summed E-state index contributed by atoms with van der Waals surface area (Å²) in [6, 6.07) is 2.37. The Morgan fingerprint density at radius 3 is 2.37 bits per heavy atom. The molecule has 1 aromatic heterocycles. The van der Waals surface area contributed by atoms with Gasteiger partial charge in [0.25, 0.3) is 0 Å². The van der Waals surface area contributed by atoms with Crippen molar-refractivity contribution in [1.82, 2.24) is 4.90 Å². The van der Waals surface area contributed by atoms with Crippen molar-refractivity contribution >= 4 is 39.3 Å². The van der Waals surface area contributed by atoms with E-state index in [-0.39, 0.29) is 0 Å². The first-order chi connectivity index (χ1) is 8.61. The SMILES string of the molecule is CN(C(=O)OC(C)(C)C)C(C(=O)O)c1ccc(Br)s1. The van der Waals surface area contributed by atoms with E-state index in [0.29, 0.717) is 4.88 Å². The first-order valence-corrected chi connectivity index (χ1v) is 7.16. The van der Waals surface area contributed by atoms with Crippen molar-refractivity contribution in [2.45, 2.75) is 32.4 Å². The summed E-state index contributed by atoms with van der Waals surface area (Å²) < 4.78 is 5.99. The largest absolute Gasteiger partial charge is 0.479 e. The van der Waals surface area contributed by atoms with Crippen molar-refractivity contribution in [1.29, 1.82) is 0 Å². The van der Waals surface area contributed by atoms with E-state index in [9.17, 15) is 14.7 Å². The van der Waals surface area contributed by atoms with Gasteiger partial charge in [-0.3, -0.25) is 4.90 Å². The maximum absolute atomic E-state index is 11.9. The highest BCUT2D eigenvalue weighted by atomic mass is 79.9. The summed E-state index contributed by atoms with van der Waals surface area (Å²) in [7, 11) is 1.42. The monoisotopic (exact) mass is 349 g/mol. The molecule has 1 amide bonds. The second-order valence-corrected chi connectivity index (χ2v) is 7.47. The molecule has 7 heteroatoms. The van der Waals surface area contributed by atoms with E-state index in [1.165, 1.54) is 18.4 Å². The van der Waals surface area contributed by atoms with Crippen LogP contribution in [0.4, 0.5) is 4.79 Å². The maximum atomic E-state index is 11.9. The predicted molar refractivity (Wildman–Crippen MR) is 76.4 cm³/mol. The molecule has 1 rings (SSSR count). The minimum absolute atomic E-state index is 0.563. The highest BCUT2D eigenvalue weighted by Gasteiger charge is 2.32. The van der Waals surface area contributed by atoms with Gasteiger partial charge in [0, 0.05) is 11.9 Å². The molecule has 0 aliphatic carbocycles. The fraction of sp³-hybridized carbons (Fsp3) is 0.500. The number of rotatable bonds is 3. The molecule has 0 aliphatic heterocycles. The second kappa shape index (κ2) is 5.92. The van der Waals surface area contributed by atoms with Gasteiger partial charge in [0.1, 0.15) is 5.60 Å². The molecule has 106 valence electrons. The number of thiophene rings is 1. The van der Waals surface area contributed by atoms with Crippen LogP contribution in [0.3, 0.4) is 0 Å². The highest BCUT2D eigenvalue weighted by molar-refractivity contribution is 9.11. The van der Waals surface area contributed by atoms with Crippen LogP contribution in [0, 0.1) is 0 Å². The summed E-state index contributed by atoms with van der Waals surface area (Å²) in [5.74, 6) is -1.09. The zero-order valence-corrected chi connectivity index (χ0v) is 13.5. The molecule has 0 bridgehead atoms. The molecule has 0 fully saturated rings. The van der Waals surface area contributed by atoms with Crippen LogP contribution in [0.2, 0.25) is 0 Å². The molecule has 1 heterocycles. The number of nitrogens with zero attached hydrogens (tertiary/aromatic N) is 1. The second-order valence-electron chi connectivity index (χ2n) is 4.97. The predicted octanol–water partition coefficient (Wildman–Crippen LogP) is 3.50. The fourth-order valence-corrected chi connectivity index (χ4v) is 2.95. The molecule has 0 aromatic carbocycles. The average molecular weight is 350 g/mol. The van der Waals surface area contributed by atoms with Crippen LogP contribution in [0.1, 0.15) is 31.7 Å². The van der Waals surface area contributed by atoms with Gasteiger partial charge >= 0.3 is 12.1 Å². The molecule has 0 aliphatic rings.